The van der Waals surface area contributed by atoms with Gasteiger partial charge in [-0.05, 0) is 41.0 Å². The Morgan fingerprint density at radius 1 is 0.968 bits per heavy atom. The fourth-order valence-electron chi connectivity index (χ4n) is 4.01. The summed E-state index contributed by atoms with van der Waals surface area (Å²) in [7, 11) is 0. The van der Waals surface area contributed by atoms with Crippen LogP contribution in [-0.2, 0) is 11.3 Å². The van der Waals surface area contributed by atoms with Crippen LogP contribution < -0.4 is 10.5 Å². The fourth-order valence-corrected chi connectivity index (χ4v) is 4.01. The van der Waals surface area contributed by atoms with E-state index in [-0.39, 0.29) is 12.5 Å². The SMILES string of the molecule is Cc1ccc(C(N)=O)c(OCC(=O)N2CCN(Cc3cccc4ccccc34)CC2)c1. The van der Waals surface area contributed by atoms with E-state index in [4.69, 9.17) is 10.5 Å². The molecule has 3 aromatic carbocycles. The van der Waals surface area contributed by atoms with Crippen LogP contribution in [0.5, 0.6) is 5.75 Å². The van der Waals surface area contributed by atoms with Crippen molar-refractivity contribution in [2.24, 2.45) is 5.73 Å². The molecule has 1 saturated heterocycles. The molecule has 160 valence electrons. The number of rotatable bonds is 6. The number of nitrogens with two attached hydrogens (primary N) is 1. The zero-order valence-electron chi connectivity index (χ0n) is 17.7. The van der Waals surface area contributed by atoms with E-state index in [1.54, 1.807) is 18.2 Å². The van der Waals surface area contributed by atoms with Gasteiger partial charge in [0.05, 0.1) is 5.56 Å². The third-order valence-corrected chi connectivity index (χ3v) is 5.75. The highest BCUT2D eigenvalue weighted by atomic mass is 16.5. The maximum absolute atomic E-state index is 12.6. The van der Waals surface area contributed by atoms with Crippen LogP contribution in [0.25, 0.3) is 10.8 Å². The van der Waals surface area contributed by atoms with Gasteiger partial charge in [-0.1, -0.05) is 48.5 Å². The number of carbonyl (C=O) groups excluding carboxylic acids is 2. The number of aryl methyl sites for hydroxylation is 1. The highest BCUT2D eigenvalue weighted by Gasteiger charge is 2.22. The Kier molecular flexibility index (Phi) is 6.18. The first-order chi connectivity index (χ1) is 15.0. The number of amides is 2. The van der Waals surface area contributed by atoms with E-state index >= 15 is 0 Å². The van der Waals surface area contributed by atoms with Crippen molar-refractivity contribution >= 4 is 22.6 Å². The van der Waals surface area contributed by atoms with Crippen molar-refractivity contribution < 1.29 is 14.3 Å². The minimum atomic E-state index is -0.565. The van der Waals surface area contributed by atoms with Crippen LogP contribution in [0.15, 0.2) is 60.7 Å². The predicted molar refractivity (Wildman–Crippen MR) is 121 cm³/mol. The first-order valence-corrected chi connectivity index (χ1v) is 10.5. The number of hydrogen-bond donors (Lipinski definition) is 1. The van der Waals surface area contributed by atoms with E-state index < -0.39 is 5.91 Å². The van der Waals surface area contributed by atoms with Gasteiger partial charge in [-0.25, -0.2) is 0 Å². The summed E-state index contributed by atoms with van der Waals surface area (Å²) in [5.41, 5.74) is 7.94. The average Bonchev–Trinajstić information content (AvgIpc) is 2.78. The number of carbonyl (C=O) groups is 2. The molecular formula is C25H27N3O3. The average molecular weight is 418 g/mol. The van der Waals surface area contributed by atoms with Crippen molar-refractivity contribution in [2.45, 2.75) is 13.5 Å². The number of hydrogen-bond acceptors (Lipinski definition) is 4. The summed E-state index contributed by atoms with van der Waals surface area (Å²) in [6, 6.07) is 20.0. The Bertz CT molecular complexity index is 1100. The molecule has 0 spiro atoms. The van der Waals surface area contributed by atoms with Gasteiger partial charge in [-0.15, -0.1) is 0 Å². The molecule has 6 heteroatoms. The second kappa shape index (κ2) is 9.18. The molecule has 0 bridgehead atoms. The van der Waals surface area contributed by atoms with Gasteiger partial charge in [-0.2, -0.15) is 0 Å². The summed E-state index contributed by atoms with van der Waals surface area (Å²) in [6.45, 7) is 5.59. The number of nitrogens with zero attached hydrogens (tertiary/aromatic N) is 2. The van der Waals surface area contributed by atoms with Crippen molar-refractivity contribution in [1.82, 2.24) is 9.80 Å². The first kappa shape index (κ1) is 20.9. The molecule has 0 atom stereocenters. The van der Waals surface area contributed by atoms with E-state index in [2.05, 4.69) is 47.4 Å². The quantitative estimate of drug-likeness (QED) is 0.669. The van der Waals surface area contributed by atoms with Crippen LogP contribution >= 0.6 is 0 Å². The number of primary amides is 1. The molecule has 31 heavy (non-hydrogen) atoms. The lowest BCUT2D eigenvalue weighted by molar-refractivity contribution is -0.135. The molecular weight excluding hydrogens is 390 g/mol. The van der Waals surface area contributed by atoms with Gasteiger partial charge in [0.25, 0.3) is 11.8 Å². The largest absolute Gasteiger partial charge is 0.483 e. The molecule has 1 heterocycles. The lowest BCUT2D eigenvalue weighted by Gasteiger charge is -2.35. The normalized spacial score (nSPS) is 14.5. The number of fused-ring (bicyclic) bond motifs is 1. The molecule has 1 aliphatic heterocycles. The maximum Gasteiger partial charge on any atom is 0.260 e. The van der Waals surface area contributed by atoms with Crippen LogP contribution in [0.4, 0.5) is 0 Å². The zero-order valence-corrected chi connectivity index (χ0v) is 17.7. The van der Waals surface area contributed by atoms with Gasteiger partial charge in [-0.3, -0.25) is 14.5 Å². The topological polar surface area (TPSA) is 75.9 Å². The number of benzene rings is 3. The molecule has 6 nitrogen and oxygen atoms in total. The van der Waals surface area contributed by atoms with Crippen LogP contribution in [0.1, 0.15) is 21.5 Å². The Hall–Kier alpha value is -3.38. The summed E-state index contributed by atoms with van der Waals surface area (Å²) >= 11 is 0. The standard InChI is InChI=1S/C25H27N3O3/c1-18-9-10-22(25(26)30)23(15-18)31-17-24(29)28-13-11-27(12-14-28)16-20-7-4-6-19-5-2-3-8-21(19)20/h2-10,15H,11-14,16-17H2,1H3,(H2,26,30). The third kappa shape index (κ3) is 4.86. The van der Waals surface area contributed by atoms with Gasteiger partial charge in [0.1, 0.15) is 5.75 Å². The summed E-state index contributed by atoms with van der Waals surface area (Å²) in [5, 5.41) is 2.53. The molecule has 2 amide bonds. The molecule has 0 aromatic heterocycles. The van der Waals surface area contributed by atoms with Gasteiger partial charge >= 0.3 is 0 Å². The molecule has 2 N–H and O–H groups in total. The predicted octanol–water partition coefficient (Wildman–Crippen LogP) is 2.97. The van der Waals surface area contributed by atoms with E-state index in [1.807, 2.05) is 11.8 Å². The molecule has 4 rings (SSSR count). The minimum absolute atomic E-state index is 0.0817. The van der Waals surface area contributed by atoms with Crippen molar-refractivity contribution in [2.75, 3.05) is 32.8 Å². The van der Waals surface area contributed by atoms with E-state index in [0.29, 0.717) is 24.4 Å². The third-order valence-electron chi connectivity index (χ3n) is 5.75. The summed E-state index contributed by atoms with van der Waals surface area (Å²) in [5.74, 6) is -0.290. The molecule has 0 radical (unpaired) electrons. The lowest BCUT2D eigenvalue weighted by atomic mass is 10.0. The highest BCUT2D eigenvalue weighted by molar-refractivity contribution is 5.95. The maximum atomic E-state index is 12.6. The van der Waals surface area contributed by atoms with Crippen LogP contribution in [0.3, 0.4) is 0 Å². The lowest BCUT2D eigenvalue weighted by Crippen LogP contribution is -2.49. The molecule has 1 aliphatic rings. The summed E-state index contributed by atoms with van der Waals surface area (Å²) in [6.07, 6.45) is 0. The van der Waals surface area contributed by atoms with Gasteiger partial charge in [0, 0.05) is 32.7 Å². The molecule has 0 unspecified atom stereocenters. The number of piperazine rings is 1. The first-order valence-electron chi connectivity index (χ1n) is 10.5. The summed E-state index contributed by atoms with van der Waals surface area (Å²) < 4.78 is 5.66. The van der Waals surface area contributed by atoms with E-state index in [1.165, 1.54) is 16.3 Å². The molecule has 3 aromatic rings. The Morgan fingerprint density at radius 2 is 1.71 bits per heavy atom. The second-order valence-corrected chi connectivity index (χ2v) is 7.95. The van der Waals surface area contributed by atoms with Gasteiger partial charge < -0.3 is 15.4 Å². The van der Waals surface area contributed by atoms with Crippen molar-refractivity contribution in [3.63, 3.8) is 0 Å². The Balaban J connectivity index is 1.32. The zero-order chi connectivity index (χ0) is 21.8. The number of ether oxygens (including phenoxy) is 1. The summed E-state index contributed by atoms with van der Waals surface area (Å²) in [4.78, 5) is 28.4. The van der Waals surface area contributed by atoms with E-state index in [9.17, 15) is 9.59 Å². The van der Waals surface area contributed by atoms with Crippen LogP contribution in [0.2, 0.25) is 0 Å². The van der Waals surface area contributed by atoms with Gasteiger partial charge in [0.15, 0.2) is 6.61 Å². The van der Waals surface area contributed by atoms with Crippen molar-refractivity contribution in [3.05, 3.63) is 77.4 Å². The highest BCUT2D eigenvalue weighted by Crippen LogP contribution is 2.22. The van der Waals surface area contributed by atoms with Gasteiger partial charge in [0.2, 0.25) is 0 Å². The van der Waals surface area contributed by atoms with Crippen LogP contribution in [-0.4, -0.2) is 54.4 Å². The minimum Gasteiger partial charge on any atom is -0.483 e. The second-order valence-electron chi connectivity index (χ2n) is 7.95. The van der Waals surface area contributed by atoms with Crippen LogP contribution in [0, 0.1) is 6.92 Å². The molecule has 1 fully saturated rings. The van der Waals surface area contributed by atoms with E-state index in [0.717, 1.165) is 25.2 Å². The van der Waals surface area contributed by atoms with Crippen molar-refractivity contribution in [1.29, 1.82) is 0 Å². The molecule has 0 saturated carbocycles. The van der Waals surface area contributed by atoms with Crippen molar-refractivity contribution in [3.8, 4) is 5.75 Å². The molecule has 0 aliphatic carbocycles. The Labute approximate surface area is 182 Å². The monoisotopic (exact) mass is 417 g/mol. The fraction of sp³-hybridized carbons (Fsp3) is 0.280. The smallest absolute Gasteiger partial charge is 0.260 e. The Morgan fingerprint density at radius 3 is 2.48 bits per heavy atom.